The first-order valence-electron chi connectivity index (χ1n) is 8.75. The van der Waals surface area contributed by atoms with Crippen LogP contribution in [0.2, 0.25) is 5.02 Å². The molecule has 0 bridgehead atoms. The third-order valence-electron chi connectivity index (χ3n) is 4.48. The van der Waals surface area contributed by atoms with Gasteiger partial charge in [-0.25, -0.2) is 4.79 Å². The number of rotatable bonds is 4. The fourth-order valence-corrected chi connectivity index (χ4v) is 3.22. The molecule has 0 aliphatic carbocycles. The number of benzene rings is 2. The summed E-state index contributed by atoms with van der Waals surface area (Å²) in [7, 11) is 0. The predicted octanol–water partition coefficient (Wildman–Crippen LogP) is 4.46. The Morgan fingerprint density at radius 1 is 1.08 bits per heavy atom. The van der Waals surface area contributed by atoms with Gasteiger partial charge < -0.3 is 15.5 Å². The number of halogens is 1. The van der Waals surface area contributed by atoms with Crippen LogP contribution in [0.5, 0.6) is 0 Å². The Kier molecular flexibility index (Phi) is 5.78. The van der Waals surface area contributed by atoms with Gasteiger partial charge in [-0.15, -0.1) is 0 Å². The van der Waals surface area contributed by atoms with Crippen molar-refractivity contribution in [2.75, 3.05) is 18.4 Å². The van der Waals surface area contributed by atoms with Crippen LogP contribution < -0.4 is 10.6 Å². The zero-order valence-corrected chi connectivity index (χ0v) is 15.4. The van der Waals surface area contributed by atoms with Crippen LogP contribution in [-0.2, 0) is 0 Å². The molecule has 1 atom stereocenters. The number of amides is 3. The molecule has 0 unspecified atom stereocenters. The largest absolute Gasteiger partial charge is 0.339 e. The number of likely N-dealkylation sites (tertiary alicyclic amines) is 1. The predicted molar refractivity (Wildman–Crippen MR) is 104 cm³/mol. The lowest BCUT2D eigenvalue weighted by Gasteiger charge is -2.16. The lowest BCUT2D eigenvalue weighted by Crippen LogP contribution is -2.31. The standard InChI is InChI=1S/C20H22ClN3O2/c1-14(16-5-4-6-17(21)13-16)22-20(26)23-18-9-7-15(8-10-18)19(25)24-11-2-3-12-24/h4-10,13-14H,2-3,11-12H2,1H3,(H2,22,23,26)/t14-/m0/s1. The van der Waals surface area contributed by atoms with Crippen molar-refractivity contribution < 1.29 is 9.59 Å². The second-order valence-electron chi connectivity index (χ2n) is 6.45. The van der Waals surface area contributed by atoms with Crippen molar-refractivity contribution in [1.29, 1.82) is 0 Å². The number of nitrogens with zero attached hydrogens (tertiary/aromatic N) is 1. The summed E-state index contributed by atoms with van der Waals surface area (Å²) in [6, 6.07) is 13.9. The molecule has 0 spiro atoms. The monoisotopic (exact) mass is 371 g/mol. The Labute approximate surface area is 158 Å². The molecule has 3 amide bonds. The highest BCUT2D eigenvalue weighted by Crippen LogP contribution is 2.18. The molecular formula is C20H22ClN3O2. The normalized spacial score (nSPS) is 14.8. The number of hydrogen-bond donors (Lipinski definition) is 2. The summed E-state index contributed by atoms with van der Waals surface area (Å²) in [5.74, 6) is 0.0491. The van der Waals surface area contributed by atoms with Crippen LogP contribution >= 0.6 is 11.6 Å². The molecule has 0 saturated carbocycles. The van der Waals surface area contributed by atoms with Crippen LogP contribution in [0, 0.1) is 0 Å². The number of carbonyl (C=O) groups excluding carboxylic acids is 2. The number of nitrogens with one attached hydrogen (secondary N) is 2. The van der Waals surface area contributed by atoms with E-state index in [4.69, 9.17) is 11.6 Å². The number of carbonyl (C=O) groups is 2. The van der Waals surface area contributed by atoms with Gasteiger partial charge in [0, 0.05) is 29.4 Å². The van der Waals surface area contributed by atoms with E-state index in [9.17, 15) is 9.59 Å². The van der Waals surface area contributed by atoms with Crippen LogP contribution in [0.15, 0.2) is 48.5 Å². The Balaban J connectivity index is 1.56. The van der Waals surface area contributed by atoms with Crippen LogP contribution in [-0.4, -0.2) is 29.9 Å². The van der Waals surface area contributed by atoms with Gasteiger partial charge >= 0.3 is 6.03 Å². The molecule has 1 saturated heterocycles. The molecule has 136 valence electrons. The molecule has 0 aromatic heterocycles. The van der Waals surface area contributed by atoms with Crippen LogP contribution in [0.3, 0.4) is 0 Å². The summed E-state index contributed by atoms with van der Waals surface area (Å²) in [6.07, 6.45) is 2.13. The van der Waals surface area contributed by atoms with Gasteiger partial charge in [0.2, 0.25) is 0 Å². The molecule has 3 rings (SSSR count). The van der Waals surface area contributed by atoms with Gasteiger partial charge in [-0.05, 0) is 61.7 Å². The summed E-state index contributed by atoms with van der Waals surface area (Å²) in [5.41, 5.74) is 2.21. The fourth-order valence-electron chi connectivity index (χ4n) is 3.02. The zero-order chi connectivity index (χ0) is 18.5. The van der Waals surface area contributed by atoms with E-state index in [1.807, 2.05) is 30.0 Å². The molecule has 1 aliphatic rings. The van der Waals surface area contributed by atoms with Gasteiger partial charge in [0.05, 0.1) is 6.04 Å². The van der Waals surface area contributed by atoms with E-state index in [0.717, 1.165) is 31.5 Å². The Morgan fingerprint density at radius 2 is 1.77 bits per heavy atom. The molecule has 1 aliphatic heterocycles. The van der Waals surface area contributed by atoms with Crippen LogP contribution in [0.25, 0.3) is 0 Å². The zero-order valence-electron chi connectivity index (χ0n) is 14.7. The number of urea groups is 1. The van der Waals surface area contributed by atoms with E-state index in [0.29, 0.717) is 16.3 Å². The summed E-state index contributed by atoms with van der Waals surface area (Å²) >= 11 is 5.98. The molecule has 0 radical (unpaired) electrons. The molecule has 5 nitrogen and oxygen atoms in total. The van der Waals surface area contributed by atoms with E-state index < -0.39 is 0 Å². The average molecular weight is 372 g/mol. The Morgan fingerprint density at radius 3 is 2.42 bits per heavy atom. The van der Waals surface area contributed by atoms with Crippen LogP contribution in [0.4, 0.5) is 10.5 Å². The SMILES string of the molecule is C[C@H](NC(=O)Nc1ccc(C(=O)N2CCCC2)cc1)c1cccc(Cl)c1. The van der Waals surface area contributed by atoms with Crippen molar-refractivity contribution in [1.82, 2.24) is 10.2 Å². The summed E-state index contributed by atoms with van der Waals surface area (Å²) in [5, 5.41) is 6.29. The second-order valence-corrected chi connectivity index (χ2v) is 6.89. The first-order chi connectivity index (χ1) is 12.5. The fraction of sp³-hybridized carbons (Fsp3) is 0.300. The van der Waals surface area contributed by atoms with Crippen molar-refractivity contribution in [2.45, 2.75) is 25.8 Å². The van der Waals surface area contributed by atoms with E-state index in [-0.39, 0.29) is 18.0 Å². The van der Waals surface area contributed by atoms with Gasteiger partial charge in [0.25, 0.3) is 5.91 Å². The molecule has 2 aromatic rings. The van der Waals surface area contributed by atoms with Gasteiger partial charge in [-0.2, -0.15) is 0 Å². The maximum Gasteiger partial charge on any atom is 0.319 e. The minimum atomic E-state index is -0.309. The highest BCUT2D eigenvalue weighted by Gasteiger charge is 2.19. The van der Waals surface area contributed by atoms with Crippen LogP contribution in [0.1, 0.15) is 41.7 Å². The van der Waals surface area contributed by atoms with E-state index in [1.165, 1.54) is 0 Å². The average Bonchev–Trinajstić information content (AvgIpc) is 3.16. The van der Waals surface area contributed by atoms with Gasteiger partial charge in [-0.3, -0.25) is 4.79 Å². The molecule has 6 heteroatoms. The van der Waals surface area contributed by atoms with Crippen molar-refractivity contribution >= 4 is 29.2 Å². The minimum absolute atomic E-state index is 0.0491. The maximum absolute atomic E-state index is 12.3. The summed E-state index contributed by atoms with van der Waals surface area (Å²) in [6.45, 7) is 3.54. The lowest BCUT2D eigenvalue weighted by molar-refractivity contribution is 0.0793. The van der Waals surface area contributed by atoms with Gasteiger partial charge in [0.15, 0.2) is 0 Å². The van der Waals surface area contributed by atoms with Crippen molar-refractivity contribution in [3.63, 3.8) is 0 Å². The smallest absolute Gasteiger partial charge is 0.319 e. The molecule has 2 N–H and O–H groups in total. The molecular weight excluding hydrogens is 350 g/mol. The third kappa shape index (κ3) is 4.55. The molecule has 2 aromatic carbocycles. The highest BCUT2D eigenvalue weighted by atomic mass is 35.5. The Hall–Kier alpha value is -2.53. The molecule has 1 fully saturated rings. The number of hydrogen-bond acceptors (Lipinski definition) is 2. The first kappa shape index (κ1) is 18.3. The van der Waals surface area contributed by atoms with E-state index in [2.05, 4.69) is 10.6 Å². The second kappa shape index (κ2) is 8.23. The lowest BCUT2D eigenvalue weighted by atomic mass is 10.1. The summed E-state index contributed by atoms with van der Waals surface area (Å²) < 4.78 is 0. The highest BCUT2D eigenvalue weighted by molar-refractivity contribution is 6.30. The Bertz CT molecular complexity index is 786. The van der Waals surface area contributed by atoms with E-state index >= 15 is 0 Å². The van der Waals surface area contributed by atoms with Gasteiger partial charge in [-0.1, -0.05) is 23.7 Å². The van der Waals surface area contributed by atoms with Crippen molar-refractivity contribution in [2.24, 2.45) is 0 Å². The molecule has 26 heavy (non-hydrogen) atoms. The maximum atomic E-state index is 12.3. The van der Waals surface area contributed by atoms with Crippen molar-refractivity contribution in [3.8, 4) is 0 Å². The third-order valence-corrected chi connectivity index (χ3v) is 4.71. The van der Waals surface area contributed by atoms with E-state index in [1.54, 1.807) is 30.3 Å². The topological polar surface area (TPSA) is 61.4 Å². The summed E-state index contributed by atoms with van der Waals surface area (Å²) in [4.78, 5) is 26.4. The first-order valence-corrected chi connectivity index (χ1v) is 9.13. The quantitative estimate of drug-likeness (QED) is 0.833. The number of anilines is 1. The minimum Gasteiger partial charge on any atom is -0.339 e. The molecule has 1 heterocycles. The van der Waals surface area contributed by atoms with Crippen molar-refractivity contribution in [3.05, 3.63) is 64.7 Å². The van der Waals surface area contributed by atoms with Gasteiger partial charge in [0.1, 0.15) is 0 Å².